The number of hydrogen-bond acceptors (Lipinski definition) is 1. The lowest BCUT2D eigenvalue weighted by molar-refractivity contribution is 0.223. The van der Waals surface area contributed by atoms with Crippen LogP contribution < -0.4 is 0 Å². The molecule has 60 heavy (non-hydrogen) atoms. The molecule has 1 unspecified atom stereocenters. The number of nitrogens with zero attached hydrogens (tertiary/aromatic N) is 1. The molecule has 0 aliphatic heterocycles. The molecule has 0 radical (unpaired) electrons. The maximum absolute atomic E-state index is 4.48. The third-order valence-corrected chi connectivity index (χ3v) is 11.6. The predicted molar refractivity (Wildman–Crippen MR) is 276 cm³/mol. The first-order valence-electron chi connectivity index (χ1n) is 23.5. The van der Waals surface area contributed by atoms with Crippen LogP contribution in [0.3, 0.4) is 0 Å². The Bertz CT molecular complexity index is 1740. The van der Waals surface area contributed by atoms with Crippen LogP contribution in [0.25, 0.3) is 17.0 Å². The molecule has 0 aliphatic carbocycles. The summed E-state index contributed by atoms with van der Waals surface area (Å²) in [6.45, 7) is 55.5. The molecule has 1 aromatic heterocycles. The fourth-order valence-corrected chi connectivity index (χ4v) is 6.65. The van der Waals surface area contributed by atoms with Crippen molar-refractivity contribution >= 4 is 17.0 Å². The van der Waals surface area contributed by atoms with E-state index in [0.717, 1.165) is 30.3 Å². The summed E-state index contributed by atoms with van der Waals surface area (Å²) in [7, 11) is 0. The zero-order valence-corrected chi connectivity index (χ0v) is 43.8. The van der Waals surface area contributed by atoms with Gasteiger partial charge in [0, 0.05) is 11.6 Å². The quantitative estimate of drug-likeness (QED) is 0.161. The summed E-state index contributed by atoms with van der Waals surface area (Å²) in [5, 5.41) is 1.27. The third kappa shape index (κ3) is 19.5. The average Bonchev–Trinajstić information content (AvgIpc) is 3.17. The fourth-order valence-electron chi connectivity index (χ4n) is 6.65. The first-order chi connectivity index (χ1) is 27.5. The molecule has 1 atom stereocenters. The predicted octanol–water partition coefficient (Wildman–Crippen LogP) is 18.6. The van der Waals surface area contributed by atoms with Crippen molar-refractivity contribution in [3.05, 3.63) is 130 Å². The molecule has 4 aromatic rings. The highest BCUT2D eigenvalue weighted by Crippen LogP contribution is 2.35. The summed E-state index contributed by atoms with van der Waals surface area (Å²) in [6.07, 6.45) is 11.7. The summed E-state index contributed by atoms with van der Waals surface area (Å²) in [6, 6.07) is 22.7. The molecule has 0 bridgehead atoms. The van der Waals surface area contributed by atoms with E-state index < -0.39 is 0 Å². The van der Waals surface area contributed by atoms with Crippen molar-refractivity contribution in [1.29, 1.82) is 0 Å². The number of aromatic nitrogens is 1. The van der Waals surface area contributed by atoms with Crippen LogP contribution in [0.15, 0.2) is 85.1 Å². The second kappa shape index (κ2) is 24.9. The molecule has 0 aliphatic rings. The minimum atomic E-state index is 0.241. The van der Waals surface area contributed by atoms with Gasteiger partial charge in [0.05, 0.1) is 5.52 Å². The van der Waals surface area contributed by atoms with Gasteiger partial charge in [0.1, 0.15) is 0 Å². The largest absolute Gasteiger partial charge is 0.256 e. The van der Waals surface area contributed by atoms with Gasteiger partial charge in [0.2, 0.25) is 0 Å². The van der Waals surface area contributed by atoms with Gasteiger partial charge in [-0.15, -0.1) is 0 Å². The van der Waals surface area contributed by atoms with Crippen LogP contribution in [0, 0.1) is 11.3 Å². The standard InChI is InChI=1S/C19H25N.2C16H26.C6H12.C2H6/c1-6-14(3)19(4,5)13-16-10-11-20-18-9-8-15(7-2)12-17(16)18;2*1-8-12-9-13(15(2,3)4)11-14(10-12)16(5,6)7;1-4-5-6(2)3;1-2/h7-12,14H,2,6,13H2,1,3-5H3;2*9-11H,8H2,1-7H3;5H,4H2,1-3H3;1-2H3. The van der Waals surface area contributed by atoms with Gasteiger partial charge >= 0.3 is 0 Å². The van der Waals surface area contributed by atoms with E-state index in [-0.39, 0.29) is 21.7 Å². The molecule has 4 rings (SSSR count). The van der Waals surface area contributed by atoms with Crippen molar-refractivity contribution in [2.45, 2.75) is 213 Å². The topological polar surface area (TPSA) is 12.9 Å². The van der Waals surface area contributed by atoms with E-state index in [1.54, 1.807) is 0 Å². The maximum Gasteiger partial charge on any atom is 0.0705 e. The van der Waals surface area contributed by atoms with Gasteiger partial charge in [-0.1, -0.05) is 219 Å². The first-order valence-corrected chi connectivity index (χ1v) is 23.5. The molecule has 0 amide bonds. The zero-order valence-electron chi connectivity index (χ0n) is 43.8. The molecule has 1 heteroatoms. The van der Waals surface area contributed by atoms with Crippen LogP contribution >= 0.6 is 0 Å². The van der Waals surface area contributed by atoms with E-state index in [1.807, 2.05) is 26.1 Å². The number of allylic oxidation sites excluding steroid dienone is 2. The monoisotopic (exact) mass is 818 g/mol. The Balaban J connectivity index is 0.000000804. The summed E-state index contributed by atoms with van der Waals surface area (Å²) < 4.78 is 0. The average molecular weight is 818 g/mol. The molecule has 0 saturated carbocycles. The molecule has 0 fully saturated rings. The van der Waals surface area contributed by atoms with Crippen LogP contribution in [0.5, 0.6) is 0 Å². The summed E-state index contributed by atoms with van der Waals surface area (Å²) in [4.78, 5) is 4.48. The molecular formula is C59H95N. The third-order valence-electron chi connectivity index (χ3n) is 11.6. The maximum atomic E-state index is 4.48. The molecule has 3 aromatic carbocycles. The van der Waals surface area contributed by atoms with Crippen molar-refractivity contribution in [1.82, 2.24) is 4.98 Å². The minimum Gasteiger partial charge on any atom is -0.256 e. The molecule has 0 saturated heterocycles. The number of pyridine rings is 1. The van der Waals surface area contributed by atoms with E-state index in [4.69, 9.17) is 0 Å². The lowest BCUT2D eigenvalue weighted by Gasteiger charge is -2.31. The van der Waals surface area contributed by atoms with E-state index in [1.165, 1.54) is 62.7 Å². The van der Waals surface area contributed by atoms with Crippen molar-refractivity contribution in [3.63, 3.8) is 0 Å². The van der Waals surface area contributed by atoms with Crippen molar-refractivity contribution < 1.29 is 0 Å². The highest BCUT2D eigenvalue weighted by atomic mass is 14.6. The summed E-state index contributed by atoms with van der Waals surface area (Å²) in [5.41, 5.74) is 15.0. The zero-order chi connectivity index (χ0) is 46.9. The molecule has 336 valence electrons. The van der Waals surface area contributed by atoms with Crippen molar-refractivity contribution in [3.8, 4) is 0 Å². The number of aryl methyl sites for hydroxylation is 2. The van der Waals surface area contributed by atoms with E-state index in [2.05, 4.69) is 224 Å². The van der Waals surface area contributed by atoms with E-state index in [0.29, 0.717) is 11.3 Å². The van der Waals surface area contributed by atoms with Gasteiger partial charge in [0.25, 0.3) is 0 Å². The second-order valence-corrected chi connectivity index (χ2v) is 21.7. The van der Waals surface area contributed by atoms with Gasteiger partial charge in [-0.3, -0.25) is 4.98 Å². The minimum absolute atomic E-state index is 0.241. The molecular weight excluding hydrogens is 723 g/mol. The SMILES string of the molecule is C=Cc1ccc2nccc(CC(C)(C)C(C)CC)c2c1.CC.CCC=C(C)C.CCc1cc(C(C)(C)C)cc(C(C)(C)C)c1.CCc1cc(C(C)(C)C)cc(C(C)(C)C)c1. The summed E-state index contributed by atoms with van der Waals surface area (Å²) >= 11 is 0. The normalized spacial score (nSPS) is 12.2. The Labute approximate surface area is 374 Å². The second-order valence-electron chi connectivity index (χ2n) is 21.7. The molecule has 0 N–H and O–H groups in total. The van der Waals surface area contributed by atoms with Crippen LogP contribution in [0.2, 0.25) is 0 Å². The van der Waals surface area contributed by atoms with E-state index >= 15 is 0 Å². The van der Waals surface area contributed by atoms with Gasteiger partial charge in [-0.25, -0.2) is 0 Å². The number of benzene rings is 3. The molecule has 1 nitrogen and oxygen atoms in total. The van der Waals surface area contributed by atoms with Crippen LogP contribution in [0.4, 0.5) is 0 Å². The molecule has 0 spiro atoms. The Morgan fingerprint density at radius 3 is 1.28 bits per heavy atom. The lowest BCUT2D eigenvalue weighted by atomic mass is 9.74. The number of rotatable bonds is 8. The molecule has 1 heterocycles. The van der Waals surface area contributed by atoms with Crippen molar-refractivity contribution in [2.75, 3.05) is 0 Å². The highest BCUT2D eigenvalue weighted by molar-refractivity contribution is 5.84. The van der Waals surface area contributed by atoms with Gasteiger partial charge < -0.3 is 0 Å². The Morgan fingerprint density at radius 1 is 0.600 bits per heavy atom. The number of fused-ring (bicyclic) bond motifs is 1. The fraction of sp³-hybridized carbons (Fsp3) is 0.576. The number of hydrogen-bond donors (Lipinski definition) is 0. The smallest absolute Gasteiger partial charge is 0.0705 e. The first kappa shape index (κ1) is 56.5. The van der Waals surface area contributed by atoms with Crippen molar-refractivity contribution in [2.24, 2.45) is 11.3 Å². The van der Waals surface area contributed by atoms with Crippen LogP contribution in [-0.4, -0.2) is 4.98 Å². The van der Waals surface area contributed by atoms with E-state index in [9.17, 15) is 0 Å². The summed E-state index contributed by atoms with van der Waals surface area (Å²) in [5.74, 6) is 0.702. The van der Waals surface area contributed by atoms with Crippen LogP contribution in [-0.2, 0) is 40.9 Å². The van der Waals surface area contributed by atoms with Gasteiger partial charge in [-0.2, -0.15) is 0 Å². The Hall–Kier alpha value is -3.45. The van der Waals surface area contributed by atoms with Gasteiger partial charge in [-0.05, 0) is 135 Å². The van der Waals surface area contributed by atoms with Gasteiger partial charge in [0.15, 0.2) is 0 Å². The Kier molecular flexibility index (Phi) is 23.4. The highest BCUT2D eigenvalue weighted by Gasteiger charge is 2.26. The van der Waals surface area contributed by atoms with Crippen LogP contribution in [0.1, 0.15) is 217 Å². The Morgan fingerprint density at radius 2 is 1.00 bits per heavy atom. The lowest BCUT2D eigenvalue weighted by Crippen LogP contribution is -2.24.